The summed E-state index contributed by atoms with van der Waals surface area (Å²) in [5.74, 6) is 1.40. The van der Waals surface area contributed by atoms with Gasteiger partial charge in [-0.1, -0.05) is 15.9 Å². The maximum Gasteiger partial charge on any atom is 0.276 e. The van der Waals surface area contributed by atoms with Gasteiger partial charge in [0.2, 0.25) is 0 Å². The van der Waals surface area contributed by atoms with E-state index in [4.69, 9.17) is 9.15 Å². The number of likely N-dealkylation sites (N-methyl/N-ethyl adjacent to an activating group) is 1. The third-order valence-corrected chi connectivity index (χ3v) is 3.69. The highest BCUT2D eigenvalue weighted by Gasteiger charge is 2.10. The van der Waals surface area contributed by atoms with E-state index >= 15 is 0 Å². The fourth-order valence-corrected chi connectivity index (χ4v) is 2.30. The average molecular weight is 410 g/mol. The fraction of sp³-hybridized carbons (Fsp3) is 0.294. The van der Waals surface area contributed by atoms with Gasteiger partial charge in [0.15, 0.2) is 6.61 Å². The van der Waals surface area contributed by atoms with Crippen molar-refractivity contribution in [1.82, 2.24) is 15.8 Å². The predicted octanol–water partition coefficient (Wildman–Crippen LogP) is 2.01. The molecule has 0 saturated carbocycles. The van der Waals surface area contributed by atoms with Gasteiger partial charge in [0.05, 0.1) is 13.1 Å². The normalized spacial score (nSPS) is 10.6. The highest BCUT2D eigenvalue weighted by atomic mass is 79.9. The van der Waals surface area contributed by atoms with Crippen molar-refractivity contribution in [3.8, 4) is 5.75 Å². The summed E-state index contributed by atoms with van der Waals surface area (Å²) in [7, 11) is 1.79. The number of rotatable bonds is 7. The second kappa shape index (κ2) is 9.24. The second-order valence-electron chi connectivity index (χ2n) is 5.52. The molecule has 134 valence electrons. The second-order valence-corrected chi connectivity index (χ2v) is 6.44. The highest BCUT2D eigenvalue weighted by molar-refractivity contribution is 9.10. The van der Waals surface area contributed by atoms with Crippen molar-refractivity contribution in [1.29, 1.82) is 0 Å². The minimum atomic E-state index is -0.444. The van der Waals surface area contributed by atoms with Crippen LogP contribution in [0.3, 0.4) is 0 Å². The van der Waals surface area contributed by atoms with Gasteiger partial charge in [-0.15, -0.1) is 0 Å². The number of nitrogens with one attached hydrogen (secondary N) is 2. The molecule has 2 aromatic rings. The molecular formula is C17H20BrN3O4. The van der Waals surface area contributed by atoms with E-state index in [0.717, 1.165) is 16.0 Å². The van der Waals surface area contributed by atoms with Crippen LogP contribution in [0.25, 0.3) is 0 Å². The lowest BCUT2D eigenvalue weighted by molar-refractivity contribution is -0.130. The van der Waals surface area contributed by atoms with Crippen LogP contribution in [-0.2, 0) is 16.1 Å². The molecule has 1 heterocycles. The molecule has 25 heavy (non-hydrogen) atoms. The summed E-state index contributed by atoms with van der Waals surface area (Å²) in [6.45, 7) is 2.29. The van der Waals surface area contributed by atoms with E-state index in [1.54, 1.807) is 24.1 Å². The molecule has 0 aliphatic heterocycles. The molecule has 0 spiro atoms. The SMILES string of the molecule is Cc1ccc(CN(C)CC(=O)NNC(=O)COc2ccc(Br)cc2)o1. The van der Waals surface area contributed by atoms with Crippen molar-refractivity contribution in [2.24, 2.45) is 0 Å². The number of aryl methyl sites for hydroxylation is 1. The molecule has 2 N–H and O–H groups in total. The number of amides is 2. The Balaban J connectivity index is 1.64. The third-order valence-electron chi connectivity index (χ3n) is 3.16. The van der Waals surface area contributed by atoms with Gasteiger partial charge in [-0.25, -0.2) is 0 Å². The van der Waals surface area contributed by atoms with Crippen molar-refractivity contribution in [2.45, 2.75) is 13.5 Å². The summed E-state index contributed by atoms with van der Waals surface area (Å²) in [5.41, 5.74) is 4.67. The minimum Gasteiger partial charge on any atom is -0.484 e. The number of halogens is 1. The van der Waals surface area contributed by atoms with Gasteiger partial charge in [0.1, 0.15) is 17.3 Å². The molecule has 1 aromatic heterocycles. The molecule has 0 unspecified atom stereocenters. The molecule has 0 bridgehead atoms. The van der Waals surface area contributed by atoms with Gasteiger partial charge in [-0.3, -0.25) is 25.3 Å². The summed E-state index contributed by atoms with van der Waals surface area (Å²) in [6.07, 6.45) is 0. The van der Waals surface area contributed by atoms with Crippen molar-refractivity contribution in [3.63, 3.8) is 0 Å². The third kappa shape index (κ3) is 6.98. The number of ether oxygens (including phenoxy) is 1. The molecule has 0 atom stereocenters. The first-order valence-corrected chi connectivity index (χ1v) is 8.41. The highest BCUT2D eigenvalue weighted by Crippen LogP contribution is 2.15. The quantitative estimate of drug-likeness (QED) is 0.683. The van der Waals surface area contributed by atoms with E-state index in [1.165, 1.54) is 0 Å². The van der Waals surface area contributed by atoms with Crippen molar-refractivity contribution < 1.29 is 18.7 Å². The Labute approximate surface area is 154 Å². The van der Waals surface area contributed by atoms with Crippen LogP contribution in [0.15, 0.2) is 45.3 Å². The van der Waals surface area contributed by atoms with Crippen LogP contribution in [0, 0.1) is 6.92 Å². The Kier molecular flexibility index (Phi) is 7.03. The average Bonchev–Trinajstić information content (AvgIpc) is 2.97. The maximum atomic E-state index is 11.8. The predicted molar refractivity (Wildman–Crippen MR) is 95.7 cm³/mol. The lowest BCUT2D eigenvalue weighted by Crippen LogP contribution is -2.47. The van der Waals surface area contributed by atoms with Crippen LogP contribution in [0.4, 0.5) is 0 Å². The first-order chi connectivity index (χ1) is 11.9. The van der Waals surface area contributed by atoms with Gasteiger partial charge in [0, 0.05) is 4.47 Å². The first-order valence-electron chi connectivity index (χ1n) is 7.62. The van der Waals surface area contributed by atoms with Crippen molar-refractivity contribution >= 4 is 27.7 Å². The van der Waals surface area contributed by atoms with Crippen molar-refractivity contribution in [2.75, 3.05) is 20.2 Å². The van der Waals surface area contributed by atoms with Crippen LogP contribution in [0.1, 0.15) is 11.5 Å². The zero-order chi connectivity index (χ0) is 18.2. The van der Waals surface area contributed by atoms with E-state index in [0.29, 0.717) is 12.3 Å². The van der Waals surface area contributed by atoms with Crippen LogP contribution in [0.2, 0.25) is 0 Å². The minimum absolute atomic E-state index is 0.119. The number of carbonyl (C=O) groups excluding carboxylic acids is 2. The molecule has 0 aliphatic rings. The van der Waals surface area contributed by atoms with Crippen LogP contribution in [-0.4, -0.2) is 36.9 Å². The summed E-state index contributed by atoms with van der Waals surface area (Å²) in [5, 5.41) is 0. The summed E-state index contributed by atoms with van der Waals surface area (Å²) >= 11 is 3.32. The number of hydrogen-bond donors (Lipinski definition) is 2. The Hall–Kier alpha value is -2.32. The van der Waals surface area contributed by atoms with E-state index in [1.807, 2.05) is 31.2 Å². The summed E-state index contributed by atoms with van der Waals surface area (Å²) in [4.78, 5) is 25.3. The molecule has 7 nitrogen and oxygen atoms in total. The summed E-state index contributed by atoms with van der Waals surface area (Å²) < 4.78 is 11.7. The molecular weight excluding hydrogens is 390 g/mol. The van der Waals surface area contributed by atoms with Gasteiger partial charge in [-0.05, 0) is 50.4 Å². The Morgan fingerprint density at radius 3 is 2.44 bits per heavy atom. The van der Waals surface area contributed by atoms with Crippen LogP contribution in [0.5, 0.6) is 5.75 Å². The zero-order valence-corrected chi connectivity index (χ0v) is 15.6. The smallest absolute Gasteiger partial charge is 0.276 e. The number of hydrazine groups is 1. The van der Waals surface area contributed by atoms with Crippen LogP contribution >= 0.6 is 15.9 Å². The van der Waals surface area contributed by atoms with Gasteiger partial charge >= 0.3 is 0 Å². The van der Waals surface area contributed by atoms with Gasteiger partial charge in [0.25, 0.3) is 11.8 Å². The number of benzene rings is 1. The molecule has 0 fully saturated rings. The Morgan fingerprint density at radius 2 is 1.80 bits per heavy atom. The molecule has 2 amide bonds. The lowest BCUT2D eigenvalue weighted by atomic mass is 10.3. The topological polar surface area (TPSA) is 83.8 Å². The molecule has 2 rings (SSSR count). The Morgan fingerprint density at radius 1 is 1.12 bits per heavy atom. The number of furan rings is 1. The molecule has 0 saturated heterocycles. The van der Waals surface area contributed by atoms with Gasteiger partial charge in [-0.2, -0.15) is 0 Å². The number of hydrogen-bond acceptors (Lipinski definition) is 5. The van der Waals surface area contributed by atoms with E-state index in [9.17, 15) is 9.59 Å². The number of nitrogens with zero attached hydrogens (tertiary/aromatic N) is 1. The van der Waals surface area contributed by atoms with Crippen molar-refractivity contribution in [3.05, 3.63) is 52.4 Å². The van der Waals surface area contributed by atoms with E-state index in [2.05, 4.69) is 26.8 Å². The maximum absolute atomic E-state index is 11.8. The summed E-state index contributed by atoms with van der Waals surface area (Å²) in [6, 6.07) is 10.8. The van der Waals surface area contributed by atoms with E-state index < -0.39 is 5.91 Å². The van der Waals surface area contributed by atoms with Crippen LogP contribution < -0.4 is 15.6 Å². The first kappa shape index (κ1) is 19.0. The molecule has 8 heteroatoms. The fourth-order valence-electron chi connectivity index (χ4n) is 2.03. The van der Waals surface area contributed by atoms with Gasteiger partial charge < -0.3 is 9.15 Å². The largest absolute Gasteiger partial charge is 0.484 e. The van der Waals surface area contributed by atoms with E-state index in [-0.39, 0.29) is 19.1 Å². The molecule has 0 radical (unpaired) electrons. The standard InChI is InChI=1S/C17H20BrN3O4/c1-12-3-6-15(25-12)9-21(2)10-16(22)19-20-17(23)11-24-14-7-4-13(18)5-8-14/h3-8H,9-11H2,1-2H3,(H,19,22)(H,20,23). The molecule has 0 aliphatic carbocycles. The lowest BCUT2D eigenvalue weighted by Gasteiger charge is -2.15. The molecule has 1 aromatic carbocycles. The zero-order valence-electron chi connectivity index (χ0n) is 14.0. The monoisotopic (exact) mass is 409 g/mol. The number of carbonyl (C=O) groups is 2. The Bertz CT molecular complexity index is 715.